The van der Waals surface area contributed by atoms with Crippen LogP contribution in [0.4, 0.5) is 9.93 Å². The highest BCUT2D eigenvalue weighted by Crippen LogP contribution is 2.29. The summed E-state index contributed by atoms with van der Waals surface area (Å²) in [5.41, 5.74) is 5.90. The number of amides is 2. The average Bonchev–Trinajstić information content (AvgIpc) is 2.77. The van der Waals surface area contributed by atoms with E-state index in [0.29, 0.717) is 19.7 Å². The molecule has 0 fully saturated rings. The third-order valence-electron chi connectivity index (χ3n) is 2.37. The SMILES string of the molecule is CCOc1ccc2nc(NCCNC(N)=O)sc2c1. The van der Waals surface area contributed by atoms with Crippen molar-refractivity contribution in [1.82, 2.24) is 10.3 Å². The molecule has 2 amide bonds. The molecule has 0 aliphatic carbocycles. The number of fused-ring (bicyclic) bond motifs is 1. The second-order valence-corrected chi connectivity index (χ2v) is 4.83. The number of thiazole rings is 1. The summed E-state index contributed by atoms with van der Waals surface area (Å²) in [7, 11) is 0. The van der Waals surface area contributed by atoms with Gasteiger partial charge in [0.25, 0.3) is 0 Å². The molecule has 0 saturated carbocycles. The normalized spacial score (nSPS) is 10.4. The number of hydrogen-bond donors (Lipinski definition) is 3. The van der Waals surface area contributed by atoms with Crippen LogP contribution in [0.25, 0.3) is 10.2 Å². The Kier molecular flexibility index (Phi) is 4.40. The fraction of sp³-hybridized carbons (Fsp3) is 0.333. The van der Waals surface area contributed by atoms with E-state index >= 15 is 0 Å². The van der Waals surface area contributed by atoms with Crippen molar-refractivity contribution in [3.63, 3.8) is 0 Å². The van der Waals surface area contributed by atoms with Gasteiger partial charge in [-0.3, -0.25) is 0 Å². The molecule has 2 rings (SSSR count). The van der Waals surface area contributed by atoms with Crippen LogP contribution in [-0.2, 0) is 0 Å². The number of anilines is 1. The summed E-state index contributed by atoms with van der Waals surface area (Å²) in [6, 6.07) is 5.30. The lowest BCUT2D eigenvalue weighted by Gasteiger charge is -2.01. The number of aromatic nitrogens is 1. The van der Waals surface area contributed by atoms with E-state index < -0.39 is 6.03 Å². The number of benzene rings is 1. The smallest absolute Gasteiger partial charge is 0.312 e. The van der Waals surface area contributed by atoms with E-state index in [1.807, 2.05) is 25.1 Å². The van der Waals surface area contributed by atoms with E-state index in [1.54, 1.807) is 11.3 Å². The lowest BCUT2D eigenvalue weighted by molar-refractivity contribution is 0.249. The van der Waals surface area contributed by atoms with Gasteiger partial charge in [0.2, 0.25) is 0 Å². The van der Waals surface area contributed by atoms with Gasteiger partial charge in [-0.05, 0) is 25.1 Å². The topological polar surface area (TPSA) is 89.3 Å². The summed E-state index contributed by atoms with van der Waals surface area (Å²) in [4.78, 5) is 14.9. The van der Waals surface area contributed by atoms with Gasteiger partial charge in [-0.1, -0.05) is 11.3 Å². The molecule has 1 aromatic carbocycles. The molecule has 102 valence electrons. The van der Waals surface area contributed by atoms with E-state index in [0.717, 1.165) is 21.1 Å². The van der Waals surface area contributed by atoms with Gasteiger partial charge in [0, 0.05) is 13.1 Å². The summed E-state index contributed by atoms with van der Waals surface area (Å²) in [6.07, 6.45) is 0. The van der Waals surface area contributed by atoms with Crippen molar-refractivity contribution >= 4 is 32.7 Å². The Morgan fingerprint density at radius 1 is 1.47 bits per heavy atom. The molecule has 0 unspecified atom stereocenters. The van der Waals surface area contributed by atoms with E-state index in [2.05, 4.69) is 15.6 Å². The molecule has 7 heteroatoms. The Morgan fingerprint density at radius 2 is 2.32 bits per heavy atom. The molecule has 0 aliphatic rings. The van der Waals surface area contributed by atoms with Gasteiger partial charge in [0.05, 0.1) is 16.8 Å². The summed E-state index contributed by atoms with van der Waals surface area (Å²) in [5, 5.41) is 6.46. The Labute approximate surface area is 115 Å². The molecule has 19 heavy (non-hydrogen) atoms. The van der Waals surface area contributed by atoms with Gasteiger partial charge >= 0.3 is 6.03 Å². The maximum atomic E-state index is 10.5. The quantitative estimate of drug-likeness (QED) is 0.704. The summed E-state index contributed by atoms with van der Waals surface area (Å²) >= 11 is 1.55. The van der Waals surface area contributed by atoms with Crippen molar-refractivity contribution in [1.29, 1.82) is 0 Å². The summed E-state index contributed by atoms with van der Waals surface area (Å²) in [5.74, 6) is 0.848. The third-order valence-corrected chi connectivity index (χ3v) is 3.35. The van der Waals surface area contributed by atoms with Crippen LogP contribution in [0.2, 0.25) is 0 Å². The zero-order valence-electron chi connectivity index (χ0n) is 10.6. The summed E-state index contributed by atoms with van der Waals surface area (Å²) < 4.78 is 6.51. The fourth-order valence-corrected chi connectivity index (χ4v) is 2.51. The standard InChI is InChI=1S/C12H16N4O2S/c1-2-18-8-3-4-9-10(7-8)19-12(16-9)15-6-5-14-11(13)17/h3-4,7H,2,5-6H2,1H3,(H,15,16)(H3,13,14,17). The molecule has 2 aromatic rings. The number of hydrogen-bond acceptors (Lipinski definition) is 5. The zero-order chi connectivity index (χ0) is 13.7. The number of urea groups is 1. The zero-order valence-corrected chi connectivity index (χ0v) is 11.4. The Morgan fingerprint density at radius 3 is 3.05 bits per heavy atom. The molecule has 0 spiro atoms. The average molecular weight is 280 g/mol. The van der Waals surface area contributed by atoms with Crippen LogP contribution < -0.4 is 21.1 Å². The number of nitrogens with one attached hydrogen (secondary N) is 2. The highest BCUT2D eigenvalue weighted by atomic mass is 32.1. The van der Waals surface area contributed by atoms with Crippen LogP contribution in [-0.4, -0.2) is 30.7 Å². The minimum absolute atomic E-state index is 0.468. The monoisotopic (exact) mass is 280 g/mol. The van der Waals surface area contributed by atoms with Gasteiger partial charge in [-0.15, -0.1) is 0 Å². The second kappa shape index (κ2) is 6.24. The number of nitrogens with two attached hydrogens (primary N) is 1. The molecule has 0 radical (unpaired) electrons. The maximum Gasteiger partial charge on any atom is 0.312 e. The largest absolute Gasteiger partial charge is 0.494 e. The molecular formula is C12H16N4O2S. The first-order valence-electron chi connectivity index (χ1n) is 5.99. The molecule has 1 aromatic heterocycles. The number of nitrogens with zero attached hydrogens (tertiary/aromatic N) is 1. The Hall–Kier alpha value is -2.02. The Bertz CT molecular complexity index is 570. The Balaban J connectivity index is 1.98. The van der Waals surface area contributed by atoms with Gasteiger partial charge < -0.3 is 21.1 Å². The molecule has 1 heterocycles. The van der Waals surface area contributed by atoms with Gasteiger partial charge in [-0.25, -0.2) is 9.78 Å². The molecular weight excluding hydrogens is 264 g/mol. The second-order valence-electron chi connectivity index (χ2n) is 3.80. The van der Waals surface area contributed by atoms with Crippen molar-refractivity contribution in [2.75, 3.05) is 25.0 Å². The van der Waals surface area contributed by atoms with Crippen molar-refractivity contribution in [3.05, 3.63) is 18.2 Å². The van der Waals surface area contributed by atoms with E-state index in [4.69, 9.17) is 10.5 Å². The first-order valence-corrected chi connectivity index (χ1v) is 6.81. The van der Waals surface area contributed by atoms with Crippen molar-refractivity contribution < 1.29 is 9.53 Å². The fourth-order valence-electron chi connectivity index (χ4n) is 1.59. The predicted octanol–water partition coefficient (Wildman–Crippen LogP) is 1.78. The number of carbonyl (C=O) groups excluding carboxylic acids is 1. The molecule has 0 saturated heterocycles. The van der Waals surface area contributed by atoms with E-state index in [1.165, 1.54) is 0 Å². The molecule has 0 aliphatic heterocycles. The van der Waals surface area contributed by atoms with Crippen LogP contribution in [0.3, 0.4) is 0 Å². The van der Waals surface area contributed by atoms with Crippen LogP contribution in [0.15, 0.2) is 18.2 Å². The van der Waals surface area contributed by atoms with E-state index in [-0.39, 0.29) is 0 Å². The molecule has 0 atom stereocenters. The molecule has 6 nitrogen and oxygen atoms in total. The van der Waals surface area contributed by atoms with Gasteiger partial charge in [-0.2, -0.15) is 0 Å². The van der Waals surface area contributed by atoms with Crippen molar-refractivity contribution in [2.45, 2.75) is 6.92 Å². The van der Waals surface area contributed by atoms with Gasteiger partial charge in [0.1, 0.15) is 5.75 Å². The third kappa shape index (κ3) is 3.72. The van der Waals surface area contributed by atoms with Gasteiger partial charge in [0.15, 0.2) is 5.13 Å². The molecule has 0 bridgehead atoms. The number of primary amides is 1. The highest BCUT2D eigenvalue weighted by Gasteiger charge is 2.04. The first kappa shape index (κ1) is 13.4. The van der Waals surface area contributed by atoms with Crippen LogP contribution in [0.1, 0.15) is 6.92 Å². The number of ether oxygens (including phenoxy) is 1. The van der Waals surface area contributed by atoms with Crippen LogP contribution >= 0.6 is 11.3 Å². The van der Waals surface area contributed by atoms with Crippen LogP contribution in [0, 0.1) is 0 Å². The van der Waals surface area contributed by atoms with E-state index in [9.17, 15) is 4.79 Å². The van der Waals surface area contributed by atoms with Crippen LogP contribution in [0.5, 0.6) is 5.75 Å². The first-order chi connectivity index (χ1) is 9.19. The highest BCUT2D eigenvalue weighted by molar-refractivity contribution is 7.22. The minimum Gasteiger partial charge on any atom is -0.494 e. The van der Waals surface area contributed by atoms with Crippen molar-refractivity contribution in [2.24, 2.45) is 5.73 Å². The number of rotatable bonds is 6. The lowest BCUT2D eigenvalue weighted by atomic mass is 10.3. The predicted molar refractivity (Wildman–Crippen MR) is 76.9 cm³/mol. The summed E-state index contributed by atoms with van der Waals surface area (Å²) in [6.45, 7) is 3.65. The maximum absolute atomic E-state index is 10.5. The van der Waals surface area contributed by atoms with Crippen molar-refractivity contribution in [3.8, 4) is 5.75 Å². The molecule has 4 N–H and O–H groups in total. The minimum atomic E-state index is -0.521. The number of carbonyl (C=O) groups is 1. The lowest BCUT2D eigenvalue weighted by Crippen LogP contribution is -2.33.